The van der Waals surface area contributed by atoms with Crippen molar-refractivity contribution in [1.82, 2.24) is 10.2 Å². The van der Waals surface area contributed by atoms with E-state index in [2.05, 4.69) is 19.2 Å². The molecule has 0 radical (unpaired) electrons. The molecule has 1 N–H and O–H groups in total. The van der Waals surface area contributed by atoms with E-state index in [1.807, 2.05) is 4.90 Å². The lowest BCUT2D eigenvalue weighted by atomic mass is 10.0. The van der Waals surface area contributed by atoms with Crippen molar-refractivity contribution in [2.75, 3.05) is 19.8 Å². The van der Waals surface area contributed by atoms with Crippen molar-refractivity contribution in [3.63, 3.8) is 0 Å². The number of nitrogens with one attached hydrogen (secondary N) is 1. The number of hydrogen-bond donors (Lipinski definition) is 1. The summed E-state index contributed by atoms with van der Waals surface area (Å²) < 4.78 is 0. The highest BCUT2D eigenvalue weighted by atomic mass is 16.2. The van der Waals surface area contributed by atoms with Gasteiger partial charge in [0.15, 0.2) is 0 Å². The molecule has 3 nitrogen and oxygen atoms in total. The third-order valence-corrected chi connectivity index (χ3v) is 2.89. The molecule has 1 aliphatic rings. The minimum atomic E-state index is 0.261. The number of rotatable bonds is 7. The van der Waals surface area contributed by atoms with Crippen LogP contribution in [0.5, 0.6) is 0 Å². The molecule has 0 spiro atoms. The van der Waals surface area contributed by atoms with E-state index in [9.17, 15) is 4.79 Å². The van der Waals surface area contributed by atoms with Crippen LogP contribution in [-0.2, 0) is 4.79 Å². The molecule has 88 valence electrons. The van der Waals surface area contributed by atoms with Crippen LogP contribution in [0.4, 0.5) is 0 Å². The minimum Gasteiger partial charge on any atom is -0.329 e. The largest absolute Gasteiger partial charge is 0.329 e. The van der Waals surface area contributed by atoms with E-state index < -0.39 is 0 Å². The van der Waals surface area contributed by atoms with Crippen LogP contribution in [0.1, 0.15) is 46.0 Å². The van der Waals surface area contributed by atoms with Crippen molar-refractivity contribution >= 4 is 5.91 Å². The van der Waals surface area contributed by atoms with Gasteiger partial charge in [-0.15, -0.1) is 0 Å². The lowest BCUT2D eigenvalue weighted by Gasteiger charge is -2.14. The van der Waals surface area contributed by atoms with Crippen LogP contribution in [0, 0.1) is 5.92 Å². The molecule has 3 heteroatoms. The lowest BCUT2D eigenvalue weighted by Crippen LogP contribution is -2.27. The van der Waals surface area contributed by atoms with Gasteiger partial charge in [-0.25, -0.2) is 0 Å². The average molecular weight is 212 g/mol. The maximum absolute atomic E-state index is 11.2. The Morgan fingerprint density at radius 1 is 1.27 bits per heavy atom. The fourth-order valence-electron chi connectivity index (χ4n) is 1.91. The Morgan fingerprint density at radius 2 is 2.00 bits per heavy atom. The monoisotopic (exact) mass is 212 g/mol. The lowest BCUT2D eigenvalue weighted by molar-refractivity contribution is -0.126. The van der Waals surface area contributed by atoms with Crippen molar-refractivity contribution in [1.29, 1.82) is 0 Å². The molecule has 1 aliphatic heterocycles. The summed E-state index contributed by atoms with van der Waals surface area (Å²) in [6, 6.07) is 0. The predicted octanol–water partition coefficient (Wildman–Crippen LogP) is 1.98. The maximum Gasteiger partial charge on any atom is 0.237 e. The Kier molecular flexibility index (Phi) is 5.69. The summed E-state index contributed by atoms with van der Waals surface area (Å²) in [5.74, 6) is 1.09. The zero-order valence-corrected chi connectivity index (χ0v) is 10.1. The van der Waals surface area contributed by atoms with Gasteiger partial charge in [-0.2, -0.15) is 0 Å². The first-order chi connectivity index (χ1) is 7.20. The minimum absolute atomic E-state index is 0.261. The zero-order valence-electron chi connectivity index (χ0n) is 10.1. The molecule has 0 aromatic rings. The third kappa shape index (κ3) is 5.17. The highest BCUT2D eigenvalue weighted by molar-refractivity contribution is 5.79. The van der Waals surface area contributed by atoms with Gasteiger partial charge in [0.1, 0.15) is 0 Å². The summed E-state index contributed by atoms with van der Waals surface area (Å²) in [5, 5.41) is 3.07. The number of hydrogen-bond acceptors (Lipinski definition) is 2. The van der Waals surface area contributed by atoms with Gasteiger partial charge in [-0.3, -0.25) is 10.1 Å². The van der Waals surface area contributed by atoms with Crippen molar-refractivity contribution in [3.05, 3.63) is 0 Å². The van der Waals surface area contributed by atoms with Gasteiger partial charge < -0.3 is 4.90 Å². The smallest absolute Gasteiger partial charge is 0.237 e. The Morgan fingerprint density at radius 3 is 2.60 bits per heavy atom. The number of nitrogens with zero attached hydrogens (tertiary/aromatic N) is 1. The zero-order chi connectivity index (χ0) is 11.1. The molecule has 1 amide bonds. The van der Waals surface area contributed by atoms with Crippen molar-refractivity contribution in [2.45, 2.75) is 46.0 Å². The Balaban J connectivity index is 1.90. The molecule has 1 heterocycles. The van der Waals surface area contributed by atoms with Gasteiger partial charge in [0, 0.05) is 6.54 Å². The summed E-state index contributed by atoms with van der Waals surface area (Å²) in [7, 11) is 0. The van der Waals surface area contributed by atoms with Crippen LogP contribution in [0.2, 0.25) is 0 Å². The number of unbranched alkanes of at least 4 members (excludes halogenated alkanes) is 3. The maximum atomic E-state index is 11.2. The summed E-state index contributed by atoms with van der Waals surface area (Å²) in [6.07, 6.45) is 6.41. The van der Waals surface area contributed by atoms with Gasteiger partial charge in [-0.05, 0) is 12.3 Å². The predicted molar refractivity (Wildman–Crippen MR) is 62.5 cm³/mol. The molecular weight excluding hydrogens is 188 g/mol. The molecular formula is C12H24N2O. The van der Waals surface area contributed by atoms with E-state index in [0.717, 1.165) is 25.6 Å². The van der Waals surface area contributed by atoms with E-state index in [1.165, 1.54) is 25.7 Å². The van der Waals surface area contributed by atoms with Crippen LogP contribution in [0.3, 0.4) is 0 Å². The number of carbonyl (C=O) groups is 1. The van der Waals surface area contributed by atoms with Crippen LogP contribution < -0.4 is 5.32 Å². The van der Waals surface area contributed by atoms with Crippen LogP contribution in [-0.4, -0.2) is 30.6 Å². The first-order valence-electron chi connectivity index (χ1n) is 6.18. The fourth-order valence-corrected chi connectivity index (χ4v) is 1.91. The van der Waals surface area contributed by atoms with Crippen LogP contribution >= 0.6 is 0 Å². The Labute approximate surface area is 93.2 Å². The van der Waals surface area contributed by atoms with Crippen LogP contribution in [0.15, 0.2) is 0 Å². The van der Waals surface area contributed by atoms with Gasteiger partial charge >= 0.3 is 0 Å². The second-order valence-corrected chi connectivity index (χ2v) is 4.84. The molecule has 1 rings (SSSR count). The summed E-state index contributed by atoms with van der Waals surface area (Å²) in [4.78, 5) is 13.2. The van der Waals surface area contributed by atoms with E-state index >= 15 is 0 Å². The molecule has 0 aromatic heterocycles. The van der Waals surface area contributed by atoms with Crippen molar-refractivity contribution in [2.24, 2.45) is 5.92 Å². The highest BCUT2D eigenvalue weighted by Crippen LogP contribution is 2.10. The first kappa shape index (κ1) is 12.5. The van der Waals surface area contributed by atoms with Gasteiger partial charge in [-0.1, -0.05) is 39.5 Å². The fraction of sp³-hybridized carbons (Fsp3) is 0.917. The van der Waals surface area contributed by atoms with Gasteiger partial charge in [0.05, 0.1) is 13.2 Å². The molecule has 0 atom stereocenters. The molecule has 0 aromatic carbocycles. The molecule has 0 saturated carbocycles. The second kappa shape index (κ2) is 6.83. The summed E-state index contributed by atoms with van der Waals surface area (Å²) in [6.45, 7) is 6.77. The van der Waals surface area contributed by atoms with Gasteiger partial charge in [0.2, 0.25) is 5.91 Å². The topological polar surface area (TPSA) is 32.3 Å². The van der Waals surface area contributed by atoms with Gasteiger partial charge in [0.25, 0.3) is 0 Å². The molecule has 1 saturated heterocycles. The quantitative estimate of drug-likeness (QED) is 0.654. The molecule has 0 aliphatic carbocycles. The molecule has 1 fully saturated rings. The van der Waals surface area contributed by atoms with Crippen LogP contribution in [0.25, 0.3) is 0 Å². The van der Waals surface area contributed by atoms with E-state index in [1.54, 1.807) is 0 Å². The van der Waals surface area contributed by atoms with E-state index in [0.29, 0.717) is 6.54 Å². The van der Waals surface area contributed by atoms with Crippen molar-refractivity contribution < 1.29 is 4.79 Å². The van der Waals surface area contributed by atoms with Crippen molar-refractivity contribution in [3.8, 4) is 0 Å². The van der Waals surface area contributed by atoms with E-state index in [-0.39, 0.29) is 5.91 Å². The average Bonchev–Trinajstić information content (AvgIpc) is 2.57. The SMILES string of the molecule is CC(C)CCCCCCN1CNCC1=O. The molecule has 0 unspecified atom stereocenters. The number of carbonyl (C=O) groups excluding carboxylic acids is 1. The Hall–Kier alpha value is -0.570. The summed E-state index contributed by atoms with van der Waals surface area (Å²) in [5.41, 5.74) is 0. The van der Waals surface area contributed by atoms with E-state index in [4.69, 9.17) is 0 Å². The first-order valence-corrected chi connectivity index (χ1v) is 6.18. The highest BCUT2D eigenvalue weighted by Gasteiger charge is 2.17. The normalized spacial score (nSPS) is 16.7. The number of amides is 1. The molecule has 15 heavy (non-hydrogen) atoms. The third-order valence-electron chi connectivity index (χ3n) is 2.89. The standard InChI is InChI=1S/C12H24N2O/c1-11(2)7-5-3-4-6-8-14-10-13-9-12(14)15/h11,13H,3-10H2,1-2H3. The molecule has 0 bridgehead atoms. The summed E-state index contributed by atoms with van der Waals surface area (Å²) >= 11 is 0. The Bertz CT molecular complexity index is 192. The second-order valence-electron chi connectivity index (χ2n) is 4.84.